The van der Waals surface area contributed by atoms with Crippen LogP contribution in [0.4, 0.5) is 4.39 Å². The Labute approximate surface area is 152 Å². The summed E-state index contributed by atoms with van der Waals surface area (Å²) >= 11 is 5.72. The molecule has 7 heteroatoms. The summed E-state index contributed by atoms with van der Waals surface area (Å²) in [6.07, 6.45) is 4.17. The van der Waals surface area contributed by atoms with Gasteiger partial charge in [-0.05, 0) is 37.8 Å². The lowest BCUT2D eigenvalue weighted by atomic mass is 9.85. The lowest BCUT2D eigenvalue weighted by molar-refractivity contribution is -0.134. The molecule has 1 fully saturated rings. The van der Waals surface area contributed by atoms with Crippen molar-refractivity contribution in [3.05, 3.63) is 40.3 Å². The summed E-state index contributed by atoms with van der Waals surface area (Å²) in [5, 5.41) is 2.83. The summed E-state index contributed by atoms with van der Waals surface area (Å²) in [6.45, 7) is 0. The molecule has 1 aromatic rings. The molecule has 0 radical (unpaired) electrons. The van der Waals surface area contributed by atoms with Crippen LogP contribution in [-0.2, 0) is 9.59 Å². The van der Waals surface area contributed by atoms with Crippen LogP contribution in [0.15, 0.2) is 23.9 Å². The number of benzene rings is 1. The maximum atomic E-state index is 13.9. The summed E-state index contributed by atoms with van der Waals surface area (Å²) in [4.78, 5) is 25.8. The summed E-state index contributed by atoms with van der Waals surface area (Å²) in [5.74, 6) is -0.915. The SMILES string of the molecule is CN(C)C(=O)C1CCC(NC(=O)/C(N)=C/c2cccc(Cl)c2F)CC1. The van der Waals surface area contributed by atoms with Crippen molar-refractivity contribution in [2.75, 3.05) is 14.1 Å². The average Bonchev–Trinajstić information content (AvgIpc) is 2.58. The van der Waals surface area contributed by atoms with E-state index in [1.807, 2.05) is 0 Å². The number of carbonyl (C=O) groups is 2. The van der Waals surface area contributed by atoms with Gasteiger partial charge in [0.1, 0.15) is 5.82 Å². The third-order valence-electron chi connectivity index (χ3n) is 4.41. The van der Waals surface area contributed by atoms with Gasteiger partial charge in [0.15, 0.2) is 0 Å². The Morgan fingerprint density at radius 2 is 1.92 bits per heavy atom. The number of halogens is 2. The normalized spacial score (nSPS) is 20.9. The molecule has 0 saturated heterocycles. The highest BCUT2D eigenvalue weighted by Gasteiger charge is 2.28. The molecular weight excluding hydrogens is 345 g/mol. The van der Waals surface area contributed by atoms with Crippen LogP contribution in [0.2, 0.25) is 5.02 Å². The van der Waals surface area contributed by atoms with Crippen molar-refractivity contribution < 1.29 is 14.0 Å². The lowest BCUT2D eigenvalue weighted by Crippen LogP contribution is -2.42. The van der Waals surface area contributed by atoms with Crippen LogP contribution in [0, 0.1) is 11.7 Å². The van der Waals surface area contributed by atoms with Gasteiger partial charge in [-0.3, -0.25) is 9.59 Å². The average molecular weight is 368 g/mol. The Morgan fingerprint density at radius 3 is 2.52 bits per heavy atom. The largest absolute Gasteiger partial charge is 0.394 e. The second-order valence-corrected chi connectivity index (χ2v) is 6.90. The Hall–Kier alpha value is -2.08. The monoisotopic (exact) mass is 367 g/mol. The van der Waals surface area contributed by atoms with Gasteiger partial charge >= 0.3 is 0 Å². The van der Waals surface area contributed by atoms with Gasteiger partial charge in [0.2, 0.25) is 5.91 Å². The van der Waals surface area contributed by atoms with Crippen molar-refractivity contribution in [3.63, 3.8) is 0 Å². The van der Waals surface area contributed by atoms with Crippen LogP contribution < -0.4 is 11.1 Å². The van der Waals surface area contributed by atoms with Gasteiger partial charge in [-0.1, -0.05) is 23.7 Å². The first kappa shape index (κ1) is 19.2. The van der Waals surface area contributed by atoms with Gasteiger partial charge in [0.05, 0.1) is 10.7 Å². The molecule has 1 aliphatic carbocycles. The van der Waals surface area contributed by atoms with Gasteiger partial charge in [-0.15, -0.1) is 0 Å². The van der Waals surface area contributed by atoms with E-state index in [9.17, 15) is 14.0 Å². The Bertz CT molecular complexity index is 683. The van der Waals surface area contributed by atoms with Crippen molar-refractivity contribution in [2.24, 2.45) is 11.7 Å². The van der Waals surface area contributed by atoms with Gasteiger partial charge in [0.25, 0.3) is 5.91 Å². The third-order valence-corrected chi connectivity index (χ3v) is 4.70. The zero-order valence-corrected chi connectivity index (χ0v) is 15.1. The quantitative estimate of drug-likeness (QED) is 0.803. The summed E-state index contributed by atoms with van der Waals surface area (Å²) in [6, 6.07) is 4.48. The summed E-state index contributed by atoms with van der Waals surface area (Å²) in [5.41, 5.74) is 5.87. The molecule has 0 aliphatic heterocycles. The minimum Gasteiger partial charge on any atom is -0.394 e. The van der Waals surface area contributed by atoms with E-state index in [4.69, 9.17) is 17.3 Å². The number of nitrogens with one attached hydrogen (secondary N) is 1. The molecule has 0 bridgehead atoms. The van der Waals surface area contributed by atoms with Gasteiger partial charge < -0.3 is 16.0 Å². The fourth-order valence-electron chi connectivity index (χ4n) is 2.98. The maximum absolute atomic E-state index is 13.9. The molecule has 5 nitrogen and oxygen atoms in total. The van der Waals surface area contributed by atoms with E-state index in [1.165, 1.54) is 18.2 Å². The van der Waals surface area contributed by atoms with E-state index in [1.54, 1.807) is 25.1 Å². The number of carbonyl (C=O) groups excluding carboxylic acids is 2. The molecule has 25 heavy (non-hydrogen) atoms. The van der Waals surface area contributed by atoms with Gasteiger partial charge in [-0.2, -0.15) is 0 Å². The Kier molecular flexibility index (Phi) is 6.42. The van der Waals surface area contributed by atoms with Crippen LogP contribution in [-0.4, -0.2) is 36.9 Å². The highest BCUT2D eigenvalue weighted by molar-refractivity contribution is 6.30. The van der Waals surface area contributed by atoms with Crippen LogP contribution in [0.1, 0.15) is 31.2 Å². The van der Waals surface area contributed by atoms with E-state index in [0.29, 0.717) is 0 Å². The first-order valence-corrected chi connectivity index (χ1v) is 8.60. The number of nitrogens with zero attached hydrogens (tertiary/aromatic N) is 1. The Balaban J connectivity index is 1.93. The number of rotatable bonds is 4. The number of nitrogens with two attached hydrogens (primary N) is 1. The molecule has 1 aromatic carbocycles. The van der Waals surface area contributed by atoms with Crippen molar-refractivity contribution in [3.8, 4) is 0 Å². The molecule has 0 unspecified atom stereocenters. The lowest BCUT2D eigenvalue weighted by Gasteiger charge is -2.29. The fraction of sp³-hybridized carbons (Fsp3) is 0.444. The molecule has 1 saturated carbocycles. The summed E-state index contributed by atoms with van der Waals surface area (Å²) in [7, 11) is 3.49. The molecule has 136 valence electrons. The van der Waals surface area contributed by atoms with Crippen LogP contribution in [0.25, 0.3) is 6.08 Å². The predicted octanol–water partition coefficient (Wildman–Crippen LogP) is 2.54. The molecule has 0 spiro atoms. The predicted molar refractivity (Wildman–Crippen MR) is 96.2 cm³/mol. The van der Waals surface area contributed by atoms with Crippen molar-refractivity contribution in [1.82, 2.24) is 10.2 Å². The van der Waals surface area contributed by atoms with E-state index in [0.717, 1.165) is 25.7 Å². The summed E-state index contributed by atoms with van der Waals surface area (Å²) < 4.78 is 13.9. The Morgan fingerprint density at radius 1 is 1.28 bits per heavy atom. The van der Waals surface area contributed by atoms with Gasteiger partial charge in [0, 0.05) is 31.6 Å². The number of amides is 2. The molecule has 2 rings (SSSR count). The van der Waals surface area contributed by atoms with Gasteiger partial charge in [-0.25, -0.2) is 4.39 Å². The molecular formula is C18H23ClFN3O2. The fourth-order valence-corrected chi connectivity index (χ4v) is 3.17. The van der Waals surface area contributed by atoms with Crippen LogP contribution >= 0.6 is 11.6 Å². The van der Waals surface area contributed by atoms with Crippen molar-refractivity contribution >= 4 is 29.5 Å². The highest BCUT2D eigenvalue weighted by atomic mass is 35.5. The second-order valence-electron chi connectivity index (χ2n) is 6.50. The zero-order valence-electron chi connectivity index (χ0n) is 14.4. The minimum absolute atomic E-state index is 0.0107. The van der Waals surface area contributed by atoms with E-state index in [-0.39, 0.29) is 34.2 Å². The smallest absolute Gasteiger partial charge is 0.267 e. The first-order chi connectivity index (χ1) is 11.8. The molecule has 3 N–H and O–H groups in total. The van der Waals surface area contributed by atoms with Crippen molar-refractivity contribution in [1.29, 1.82) is 0 Å². The van der Waals surface area contributed by atoms with E-state index >= 15 is 0 Å². The first-order valence-electron chi connectivity index (χ1n) is 8.22. The highest BCUT2D eigenvalue weighted by Crippen LogP contribution is 2.26. The molecule has 2 amide bonds. The second kappa shape index (κ2) is 8.34. The third kappa shape index (κ3) is 4.95. The molecule has 0 heterocycles. The molecule has 0 aromatic heterocycles. The van der Waals surface area contributed by atoms with Crippen LogP contribution in [0.5, 0.6) is 0 Å². The van der Waals surface area contributed by atoms with E-state index < -0.39 is 11.7 Å². The van der Waals surface area contributed by atoms with Crippen molar-refractivity contribution in [2.45, 2.75) is 31.7 Å². The minimum atomic E-state index is -0.609. The van der Waals surface area contributed by atoms with Crippen LogP contribution in [0.3, 0.4) is 0 Å². The maximum Gasteiger partial charge on any atom is 0.267 e. The topological polar surface area (TPSA) is 75.4 Å². The standard InChI is InChI=1S/C18H23ClFN3O2/c1-23(2)18(25)11-6-8-13(9-7-11)22-17(24)15(21)10-12-4-3-5-14(19)16(12)20/h3-5,10-11,13H,6-9,21H2,1-2H3,(H,22,24)/b15-10-. The molecule has 0 atom stereocenters. The molecule has 1 aliphatic rings. The zero-order chi connectivity index (χ0) is 18.6. The number of hydrogen-bond acceptors (Lipinski definition) is 3. The number of hydrogen-bond donors (Lipinski definition) is 2. The van der Waals surface area contributed by atoms with E-state index in [2.05, 4.69) is 5.32 Å².